The maximum absolute atomic E-state index is 12.4. The minimum Gasteiger partial charge on any atom is -0.311 e. The Hall–Kier alpha value is -1.35. The van der Waals surface area contributed by atoms with Crippen LogP contribution >= 0.6 is 0 Å². The van der Waals surface area contributed by atoms with E-state index in [9.17, 15) is 4.79 Å². The van der Waals surface area contributed by atoms with Crippen molar-refractivity contribution in [1.29, 1.82) is 0 Å². The van der Waals surface area contributed by atoms with Crippen molar-refractivity contribution >= 4 is 11.6 Å². The molecule has 1 aromatic carbocycles. The van der Waals surface area contributed by atoms with Crippen molar-refractivity contribution in [1.82, 2.24) is 5.32 Å². The summed E-state index contributed by atoms with van der Waals surface area (Å²) in [5.74, 6) is 0.207. The van der Waals surface area contributed by atoms with E-state index in [1.807, 2.05) is 17.0 Å². The molecule has 1 aliphatic rings. The normalized spacial score (nSPS) is 19.8. The molecule has 3 nitrogen and oxygen atoms in total. The summed E-state index contributed by atoms with van der Waals surface area (Å²) in [6.45, 7) is 9.92. The molecule has 1 fully saturated rings. The predicted octanol–water partition coefficient (Wildman–Crippen LogP) is 2.41. The fourth-order valence-corrected chi connectivity index (χ4v) is 2.45. The summed E-state index contributed by atoms with van der Waals surface area (Å²) in [4.78, 5) is 14.3. The Morgan fingerprint density at radius 3 is 2.72 bits per heavy atom. The lowest BCUT2D eigenvalue weighted by molar-refractivity contribution is -0.119. The molecule has 1 aliphatic heterocycles. The van der Waals surface area contributed by atoms with Gasteiger partial charge in [-0.05, 0) is 44.9 Å². The molecule has 3 heteroatoms. The zero-order chi connectivity index (χ0) is 13.3. The van der Waals surface area contributed by atoms with Crippen molar-refractivity contribution < 1.29 is 4.79 Å². The second-order valence-corrected chi connectivity index (χ2v) is 5.75. The van der Waals surface area contributed by atoms with Gasteiger partial charge in [-0.15, -0.1) is 0 Å². The minimum atomic E-state index is -0.108. The summed E-state index contributed by atoms with van der Waals surface area (Å²) in [7, 11) is 0. The van der Waals surface area contributed by atoms with Gasteiger partial charge in [0.15, 0.2) is 0 Å². The number of aryl methyl sites for hydroxylation is 1. The first-order valence-corrected chi connectivity index (χ1v) is 6.52. The summed E-state index contributed by atoms with van der Waals surface area (Å²) >= 11 is 0. The van der Waals surface area contributed by atoms with E-state index >= 15 is 0 Å². The lowest BCUT2D eigenvalue weighted by Gasteiger charge is -2.24. The van der Waals surface area contributed by atoms with Gasteiger partial charge in [-0.2, -0.15) is 0 Å². The highest BCUT2D eigenvalue weighted by Gasteiger charge is 2.29. The maximum Gasteiger partial charge on any atom is 0.228 e. The average Bonchev–Trinajstić information content (AvgIpc) is 2.40. The van der Waals surface area contributed by atoms with E-state index < -0.39 is 0 Å². The molecule has 1 saturated heterocycles. The summed E-state index contributed by atoms with van der Waals surface area (Å²) < 4.78 is 0. The first-order valence-electron chi connectivity index (χ1n) is 6.52. The van der Waals surface area contributed by atoms with E-state index in [0.29, 0.717) is 6.42 Å². The van der Waals surface area contributed by atoms with Gasteiger partial charge in [-0.3, -0.25) is 4.79 Å². The molecule has 0 radical (unpaired) electrons. The molecule has 1 N–H and O–H groups in total. The highest BCUT2D eigenvalue weighted by atomic mass is 16.2. The number of hydrogen-bond acceptors (Lipinski definition) is 2. The molecule has 1 aromatic rings. The maximum atomic E-state index is 12.4. The standard InChI is InChI=1S/C15H22N2O/c1-11-6-5-7-13(12(11)2)17-9-8-16-15(3,4)10-14(17)18/h5-7,16H,8-10H2,1-4H3. The molecule has 0 atom stereocenters. The van der Waals surface area contributed by atoms with Crippen LogP contribution in [0.3, 0.4) is 0 Å². The summed E-state index contributed by atoms with van der Waals surface area (Å²) in [5.41, 5.74) is 3.38. The Balaban J connectivity index is 2.33. The molecule has 1 heterocycles. The number of anilines is 1. The first-order chi connectivity index (χ1) is 8.41. The number of benzene rings is 1. The molecular weight excluding hydrogens is 224 g/mol. The van der Waals surface area contributed by atoms with Gasteiger partial charge in [0.2, 0.25) is 5.91 Å². The number of carbonyl (C=O) groups excluding carboxylic acids is 1. The Labute approximate surface area is 109 Å². The molecule has 1 amide bonds. The zero-order valence-corrected chi connectivity index (χ0v) is 11.7. The quantitative estimate of drug-likeness (QED) is 0.825. The van der Waals surface area contributed by atoms with Crippen LogP contribution < -0.4 is 10.2 Å². The fraction of sp³-hybridized carbons (Fsp3) is 0.533. The van der Waals surface area contributed by atoms with Gasteiger partial charge in [-0.1, -0.05) is 12.1 Å². The number of amides is 1. The zero-order valence-electron chi connectivity index (χ0n) is 11.7. The van der Waals surface area contributed by atoms with Gasteiger partial charge in [-0.25, -0.2) is 0 Å². The SMILES string of the molecule is Cc1cccc(N2CCNC(C)(C)CC2=O)c1C. The number of carbonyl (C=O) groups is 1. The molecule has 0 saturated carbocycles. The van der Waals surface area contributed by atoms with Crippen LogP contribution in [0.15, 0.2) is 18.2 Å². The Bertz CT molecular complexity index is 466. The van der Waals surface area contributed by atoms with Crippen LogP contribution in [0.1, 0.15) is 31.4 Å². The second-order valence-electron chi connectivity index (χ2n) is 5.75. The molecule has 18 heavy (non-hydrogen) atoms. The third kappa shape index (κ3) is 2.56. The van der Waals surface area contributed by atoms with Gasteiger partial charge in [0, 0.05) is 30.7 Å². The monoisotopic (exact) mass is 246 g/mol. The van der Waals surface area contributed by atoms with Crippen LogP contribution in [0.2, 0.25) is 0 Å². The van der Waals surface area contributed by atoms with Gasteiger partial charge in [0.25, 0.3) is 0 Å². The van der Waals surface area contributed by atoms with Crippen LogP contribution in [0, 0.1) is 13.8 Å². The largest absolute Gasteiger partial charge is 0.311 e. The molecular formula is C15H22N2O. The molecule has 0 aliphatic carbocycles. The number of hydrogen-bond donors (Lipinski definition) is 1. The third-order valence-corrected chi connectivity index (χ3v) is 3.70. The highest BCUT2D eigenvalue weighted by molar-refractivity contribution is 5.95. The lowest BCUT2D eigenvalue weighted by Crippen LogP contribution is -2.39. The molecule has 0 unspecified atom stereocenters. The molecule has 0 bridgehead atoms. The van der Waals surface area contributed by atoms with Crippen molar-refractivity contribution in [2.24, 2.45) is 0 Å². The second kappa shape index (κ2) is 4.73. The summed E-state index contributed by atoms with van der Waals surface area (Å²) in [5, 5.41) is 3.42. The van der Waals surface area contributed by atoms with E-state index in [2.05, 4.69) is 39.1 Å². The first kappa shape index (κ1) is 13.1. The molecule has 98 valence electrons. The Morgan fingerprint density at radius 1 is 1.28 bits per heavy atom. The van der Waals surface area contributed by atoms with Crippen molar-refractivity contribution in [2.75, 3.05) is 18.0 Å². The van der Waals surface area contributed by atoms with E-state index in [1.54, 1.807) is 0 Å². The van der Waals surface area contributed by atoms with Gasteiger partial charge in [0.1, 0.15) is 0 Å². The van der Waals surface area contributed by atoms with Crippen LogP contribution in [0.4, 0.5) is 5.69 Å². The van der Waals surface area contributed by atoms with E-state index in [-0.39, 0.29) is 11.4 Å². The third-order valence-electron chi connectivity index (χ3n) is 3.70. The van der Waals surface area contributed by atoms with Crippen molar-refractivity contribution in [3.63, 3.8) is 0 Å². The number of rotatable bonds is 1. The Morgan fingerprint density at radius 2 is 2.00 bits per heavy atom. The van der Waals surface area contributed by atoms with Crippen LogP contribution in [0.25, 0.3) is 0 Å². The van der Waals surface area contributed by atoms with Crippen molar-refractivity contribution in [3.8, 4) is 0 Å². The van der Waals surface area contributed by atoms with Crippen LogP contribution in [0.5, 0.6) is 0 Å². The van der Waals surface area contributed by atoms with Crippen molar-refractivity contribution in [2.45, 2.75) is 39.7 Å². The van der Waals surface area contributed by atoms with Gasteiger partial charge >= 0.3 is 0 Å². The van der Waals surface area contributed by atoms with Gasteiger partial charge < -0.3 is 10.2 Å². The Kier molecular flexibility index (Phi) is 3.44. The minimum absolute atomic E-state index is 0.108. The van der Waals surface area contributed by atoms with Crippen molar-refractivity contribution in [3.05, 3.63) is 29.3 Å². The fourth-order valence-electron chi connectivity index (χ4n) is 2.45. The summed E-state index contributed by atoms with van der Waals surface area (Å²) in [6.07, 6.45) is 0.542. The van der Waals surface area contributed by atoms with E-state index in [1.165, 1.54) is 11.1 Å². The predicted molar refractivity (Wildman–Crippen MR) is 75.0 cm³/mol. The smallest absolute Gasteiger partial charge is 0.228 e. The molecule has 0 spiro atoms. The van der Waals surface area contributed by atoms with E-state index in [4.69, 9.17) is 0 Å². The highest BCUT2D eigenvalue weighted by Crippen LogP contribution is 2.25. The molecule has 0 aromatic heterocycles. The van der Waals surface area contributed by atoms with Crippen LogP contribution in [-0.4, -0.2) is 24.5 Å². The topological polar surface area (TPSA) is 32.3 Å². The van der Waals surface area contributed by atoms with E-state index in [0.717, 1.165) is 18.8 Å². The molecule has 2 rings (SSSR count). The summed E-state index contributed by atoms with van der Waals surface area (Å²) in [6, 6.07) is 6.15. The van der Waals surface area contributed by atoms with Crippen LogP contribution in [-0.2, 0) is 4.79 Å². The lowest BCUT2D eigenvalue weighted by atomic mass is 10.0. The number of nitrogens with zero attached hydrogens (tertiary/aromatic N) is 1. The van der Waals surface area contributed by atoms with Gasteiger partial charge in [0.05, 0.1) is 0 Å². The number of nitrogens with one attached hydrogen (secondary N) is 1. The average molecular weight is 246 g/mol.